The first-order valence-electron chi connectivity index (χ1n) is 20.4. The SMILES string of the molecule is CCO[C@H]1CN(C)C(=O)[C@@H]2C[C@@H](CN2c2nc(N3[C@@H]4CC(N(C=N)N=[N-])C[C@H]3C4)nc3c2cnn3-c2ccc(F)cc2F)Oc2nccc(n2)-c2cc(F)cc3nc(C)n(c23)C1. The Hall–Kier alpha value is -6.77. The summed E-state index contributed by atoms with van der Waals surface area (Å²) >= 11 is 0. The highest BCUT2D eigenvalue weighted by Gasteiger charge is 2.48. The monoisotopic (exact) mass is 848 g/mol. The van der Waals surface area contributed by atoms with Gasteiger partial charge in [-0.05, 0) is 63.4 Å². The molecule has 3 saturated heterocycles. The number of amides is 1. The van der Waals surface area contributed by atoms with Crippen molar-refractivity contribution in [3.63, 3.8) is 0 Å². The zero-order chi connectivity index (χ0) is 43.0. The predicted molar refractivity (Wildman–Crippen MR) is 219 cm³/mol. The average Bonchev–Trinajstić information content (AvgIpc) is 3.95. The Kier molecular flexibility index (Phi) is 9.71. The Morgan fingerprint density at radius 1 is 1.02 bits per heavy atom. The summed E-state index contributed by atoms with van der Waals surface area (Å²) in [6.45, 7) is 4.73. The van der Waals surface area contributed by atoms with E-state index in [9.17, 15) is 14.7 Å². The number of hydrogen-bond donors (Lipinski definition) is 1. The van der Waals surface area contributed by atoms with Crippen LogP contribution < -0.4 is 14.5 Å². The van der Waals surface area contributed by atoms with Crippen LogP contribution in [0, 0.1) is 29.8 Å². The van der Waals surface area contributed by atoms with E-state index < -0.39 is 35.7 Å². The minimum Gasteiger partial charge on any atom is -0.458 e. The molecule has 10 rings (SSSR count). The molecule has 1 N–H and O–H groups in total. The second-order valence-electron chi connectivity index (χ2n) is 16.2. The molecule has 4 aromatic heterocycles. The number of halogens is 3. The first-order valence-corrected chi connectivity index (χ1v) is 20.4. The third-order valence-corrected chi connectivity index (χ3v) is 12.4. The van der Waals surface area contributed by atoms with Crippen molar-refractivity contribution in [2.45, 2.75) is 82.5 Å². The van der Waals surface area contributed by atoms with Gasteiger partial charge < -0.3 is 44.7 Å². The zero-order valence-electron chi connectivity index (χ0n) is 33.9. The van der Waals surface area contributed by atoms with Gasteiger partial charge in [0.05, 0.1) is 47.5 Å². The Bertz CT molecular complexity index is 2740. The van der Waals surface area contributed by atoms with E-state index in [-0.39, 0.29) is 60.9 Å². The van der Waals surface area contributed by atoms with E-state index in [1.54, 1.807) is 24.2 Å². The van der Waals surface area contributed by atoms with Gasteiger partial charge in [0.1, 0.15) is 41.1 Å². The summed E-state index contributed by atoms with van der Waals surface area (Å²) in [6.07, 6.45) is 5.00. The van der Waals surface area contributed by atoms with Gasteiger partial charge in [-0.25, -0.2) is 27.8 Å². The fourth-order valence-corrected chi connectivity index (χ4v) is 9.71. The molecular weight excluding hydrogens is 808 g/mol. The summed E-state index contributed by atoms with van der Waals surface area (Å²) < 4.78 is 60.8. The molecule has 4 aliphatic rings. The number of ether oxygens (including phenoxy) is 2. The van der Waals surface area contributed by atoms with Crippen molar-refractivity contribution in [2.24, 2.45) is 5.22 Å². The maximum atomic E-state index is 15.5. The molecule has 18 nitrogen and oxygen atoms in total. The average molecular weight is 849 g/mol. The Morgan fingerprint density at radius 2 is 1.84 bits per heavy atom. The number of aryl methyl sites for hydroxylation is 1. The van der Waals surface area contributed by atoms with Gasteiger partial charge in [-0.1, -0.05) is 0 Å². The minimum atomic E-state index is -0.847. The first kappa shape index (κ1) is 39.4. The molecular formula is C41H41F3N15O3-. The number of nitrogens with zero attached hydrogens (tertiary/aromatic N) is 14. The highest BCUT2D eigenvalue weighted by atomic mass is 19.1. The van der Waals surface area contributed by atoms with Gasteiger partial charge in [0.25, 0.3) is 0 Å². The van der Waals surface area contributed by atoms with Gasteiger partial charge in [-0.2, -0.15) is 20.1 Å². The van der Waals surface area contributed by atoms with Gasteiger partial charge in [-0.3, -0.25) is 10.0 Å². The molecule has 0 spiro atoms. The second kappa shape index (κ2) is 15.3. The third kappa shape index (κ3) is 6.61. The van der Waals surface area contributed by atoms with Gasteiger partial charge in [0.15, 0.2) is 11.5 Å². The Morgan fingerprint density at radius 3 is 2.60 bits per heavy atom. The van der Waals surface area contributed by atoms with Crippen molar-refractivity contribution < 1.29 is 27.4 Å². The van der Waals surface area contributed by atoms with Crippen LogP contribution in [0.15, 0.2) is 54.0 Å². The summed E-state index contributed by atoms with van der Waals surface area (Å²) in [6, 6.07) is 6.50. The number of nitrogens with one attached hydrogen (secondary N) is 1. The maximum absolute atomic E-state index is 15.5. The van der Waals surface area contributed by atoms with Crippen molar-refractivity contribution in [3.8, 4) is 23.0 Å². The molecule has 6 aromatic rings. The number of rotatable bonds is 8. The summed E-state index contributed by atoms with van der Waals surface area (Å²) in [7, 11) is 1.72. The smallest absolute Gasteiger partial charge is 0.317 e. The van der Waals surface area contributed by atoms with E-state index >= 15 is 8.78 Å². The van der Waals surface area contributed by atoms with Crippen molar-refractivity contribution in [1.82, 2.24) is 49.2 Å². The molecule has 3 fully saturated rings. The van der Waals surface area contributed by atoms with Crippen molar-refractivity contribution in [3.05, 3.63) is 77.6 Å². The molecule has 1 unspecified atom stereocenters. The van der Waals surface area contributed by atoms with Crippen LogP contribution in [0.2, 0.25) is 0 Å². The lowest BCUT2D eigenvalue weighted by molar-refractivity contribution is -0.133. The number of fused-ring (bicyclic) bond motifs is 8. The molecule has 320 valence electrons. The maximum Gasteiger partial charge on any atom is 0.317 e. The van der Waals surface area contributed by atoms with E-state index in [1.807, 2.05) is 23.3 Å². The van der Waals surface area contributed by atoms with Crippen LogP contribution in [0.1, 0.15) is 38.4 Å². The summed E-state index contributed by atoms with van der Waals surface area (Å²) in [5, 5.41) is 17.1. The lowest BCUT2D eigenvalue weighted by Gasteiger charge is -2.57. The molecule has 21 heteroatoms. The number of piperidine rings is 1. The molecule has 6 bridgehead atoms. The second-order valence-corrected chi connectivity index (χ2v) is 16.2. The summed E-state index contributed by atoms with van der Waals surface area (Å²) in [5.41, 5.74) is 11.8. The van der Waals surface area contributed by atoms with Gasteiger partial charge in [-0.15, -0.1) is 0 Å². The Labute approximate surface area is 352 Å². The minimum absolute atomic E-state index is 0.0286. The van der Waals surface area contributed by atoms with Crippen molar-refractivity contribution in [2.75, 3.05) is 36.5 Å². The lowest BCUT2D eigenvalue weighted by Crippen LogP contribution is -2.64. The zero-order valence-corrected chi connectivity index (χ0v) is 33.9. The number of aromatic nitrogens is 8. The van der Waals surface area contributed by atoms with Gasteiger partial charge in [0.2, 0.25) is 11.9 Å². The standard InChI is InChI=1S/C41H41F3N15O3/c1-4-61-28-17-54(3)39(60)35-15-27(62-41-47-8-7-32(50-41)29-9-23(43)11-33-36(29)55(19-28)21(2)49-33)18-56(35)37-30-16-48-59(34-6-5-22(42)10-31(34)44)38(30)52-40(51-37)58-25-12-24(13-26(58)14-25)57(20-45)53-46/h5-11,16,20,24-28,35,45H,4,12-15,17-19H2,1-3H3/q-1/t24?,25-,26+,27-,28-,35-/m0/s1. The van der Waals surface area contributed by atoms with Crippen LogP contribution in [-0.4, -0.2) is 125 Å². The molecule has 0 aliphatic carbocycles. The summed E-state index contributed by atoms with van der Waals surface area (Å²) in [4.78, 5) is 44.4. The van der Waals surface area contributed by atoms with Crippen LogP contribution >= 0.6 is 0 Å². The molecule has 4 aliphatic heterocycles. The molecule has 62 heavy (non-hydrogen) atoms. The van der Waals surface area contributed by atoms with Crippen LogP contribution in [0.5, 0.6) is 6.01 Å². The number of imidazole rings is 1. The van der Waals surface area contributed by atoms with E-state index in [4.69, 9.17) is 29.8 Å². The fraction of sp³-hybridized carbons (Fsp3) is 0.415. The molecule has 0 saturated carbocycles. The van der Waals surface area contributed by atoms with Crippen LogP contribution in [0.3, 0.4) is 0 Å². The van der Waals surface area contributed by atoms with E-state index in [1.165, 1.54) is 34.1 Å². The number of hydrogen-bond acceptors (Lipinski definition) is 13. The normalized spacial score (nSPS) is 23.5. The first-order chi connectivity index (χ1) is 30.0. The Balaban J connectivity index is 1.09. The van der Waals surface area contributed by atoms with Crippen molar-refractivity contribution in [1.29, 1.82) is 5.41 Å². The van der Waals surface area contributed by atoms with Crippen molar-refractivity contribution >= 4 is 46.1 Å². The van der Waals surface area contributed by atoms with Gasteiger partial charge >= 0.3 is 6.01 Å². The highest BCUT2D eigenvalue weighted by Crippen LogP contribution is 2.44. The number of likely N-dealkylation sites (N-methyl/N-ethyl adjacent to an activating group) is 1. The van der Waals surface area contributed by atoms with Crippen LogP contribution in [-0.2, 0) is 16.1 Å². The van der Waals surface area contributed by atoms with E-state index in [0.29, 0.717) is 71.3 Å². The number of carbonyl (C=O) groups is 1. The molecule has 0 radical (unpaired) electrons. The molecule has 8 heterocycles. The van der Waals surface area contributed by atoms with E-state index in [2.05, 4.69) is 25.2 Å². The lowest BCUT2D eigenvalue weighted by atomic mass is 9.77. The van der Waals surface area contributed by atoms with E-state index in [0.717, 1.165) is 24.9 Å². The molecule has 6 atom stereocenters. The number of carbonyl (C=O) groups excluding carboxylic acids is 1. The largest absolute Gasteiger partial charge is 0.458 e. The number of anilines is 2. The molecule has 1 amide bonds. The summed E-state index contributed by atoms with van der Waals surface area (Å²) in [5.74, 6) is -1.02. The van der Waals surface area contributed by atoms with Crippen LogP contribution in [0.25, 0.3) is 44.5 Å². The fourth-order valence-electron chi connectivity index (χ4n) is 9.71. The quantitative estimate of drug-likeness (QED) is 0.0912. The number of benzene rings is 2. The topological polar surface area (TPSA) is 194 Å². The predicted octanol–water partition coefficient (Wildman–Crippen LogP) is 5.21. The third-order valence-electron chi connectivity index (χ3n) is 12.4. The highest BCUT2D eigenvalue weighted by molar-refractivity contribution is 5.94. The molecule has 2 aromatic carbocycles. The van der Waals surface area contributed by atoms with Gasteiger partial charge in [0, 0.05) is 68.9 Å². The van der Waals surface area contributed by atoms with Crippen LogP contribution in [0.4, 0.5) is 24.9 Å².